The topological polar surface area (TPSA) is 26.3 Å². The summed E-state index contributed by atoms with van der Waals surface area (Å²) in [7, 11) is 0. The fourth-order valence-corrected chi connectivity index (χ4v) is 4.04. The van der Waals surface area contributed by atoms with Crippen LogP contribution in [0.4, 0.5) is 0 Å². The number of benzene rings is 2. The van der Waals surface area contributed by atoms with Crippen molar-refractivity contribution in [3.8, 4) is 11.1 Å². The molecule has 22 heavy (non-hydrogen) atoms. The van der Waals surface area contributed by atoms with Crippen LogP contribution in [-0.2, 0) is 4.74 Å². The minimum atomic E-state index is -0.222. The first kappa shape index (κ1) is 15.2. The third-order valence-corrected chi connectivity index (χ3v) is 5.40. The Morgan fingerprint density at radius 2 is 1.73 bits per heavy atom. The summed E-state index contributed by atoms with van der Waals surface area (Å²) in [5.74, 6) is -0.222. The van der Waals surface area contributed by atoms with Crippen LogP contribution in [0.15, 0.2) is 54.6 Å². The second kappa shape index (κ2) is 7.01. The number of ether oxygens (including phenoxy) is 1. The second-order valence-corrected chi connectivity index (χ2v) is 7.43. The van der Waals surface area contributed by atoms with Crippen molar-refractivity contribution in [2.45, 2.75) is 30.3 Å². The average molecular weight is 312 g/mol. The molecule has 1 heterocycles. The minimum Gasteiger partial charge on any atom is -0.461 e. The number of hydrogen-bond donors (Lipinski definition) is 0. The molecule has 0 spiro atoms. The zero-order valence-corrected chi connectivity index (χ0v) is 13.5. The molecule has 2 atom stereocenters. The summed E-state index contributed by atoms with van der Waals surface area (Å²) in [6.45, 7) is 2.75. The van der Waals surface area contributed by atoms with Crippen LogP contribution in [0.5, 0.6) is 0 Å². The average Bonchev–Trinajstić information content (AvgIpc) is 2.99. The molecule has 2 aromatic carbocycles. The molecule has 0 saturated carbocycles. The van der Waals surface area contributed by atoms with Gasteiger partial charge in [-0.1, -0.05) is 49.4 Å². The molecule has 114 valence electrons. The first-order chi connectivity index (χ1) is 10.7. The van der Waals surface area contributed by atoms with Gasteiger partial charge in [0.15, 0.2) is 0 Å². The number of carbonyl (C=O) groups excluding carboxylic acids is 1. The highest BCUT2D eigenvalue weighted by Crippen LogP contribution is 2.33. The molecule has 0 bridgehead atoms. The van der Waals surface area contributed by atoms with Crippen molar-refractivity contribution in [1.29, 1.82) is 0 Å². The summed E-state index contributed by atoms with van der Waals surface area (Å²) in [5.41, 5.74) is 2.88. The normalized spacial score (nSPS) is 20.8. The first-order valence-electron chi connectivity index (χ1n) is 7.70. The second-order valence-electron chi connectivity index (χ2n) is 5.69. The quantitative estimate of drug-likeness (QED) is 0.759. The maximum Gasteiger partial charge on any atom is 0.338 e. The molecule has 0 aromatic heterocycles. The van der Waals surface area contributed by atoms with E-state index in [1.807, 2.05) is 54.2 Å². The lowest BCUT2D eigenvalue weighted by Crippen LogP contribution is -2.14. The number of rotatable bonds is 4. The van der Waals surface area contributed by atoms with Gasteiger partial charge in [-0.2, -0.15) is 11.8 Å². The van der Waals surface area contributed by atoms with Crippen molar-refractivity contribution in [2.24, 2.45) is 0 Å². The van der Waals surface area contributed by atoms with Crippen LogP contribution >= 0.6 is 11.8 Å². The summed E-state index contributed by atoms with van der Waals surface area (Å²) in [6.07, 6.45) is 2.37. The minimum absolute atomic E-state index is 0.222. The van der Waals surface area contributed by atoms with Gasteiger partial charge in [-0.15, -0.1) is 0 Å². The predicted molar refractivity (Wildman–Crippen MR) is 92.2 cm³/mol. The summed E-state index contributed by atoms with van der Waals surface area (Å²) >= 11 is 1.93. The Kier molecular flexibility index (Phi) is 4.84. The molecule has 1 aliphatic heterocycles. The molecule has 1 fully saturated rings. The molecular weight excluding hydrogens is 292 g/mol. The van der Waals surface area contributed by atoms with Gasteiger partial charge in [-0.05, 0) is 36.1 Å². The SMILES string of the molecule is CC1CC[C@@H](COC(=O)c2ccc(-c3ccccc3)cc2)S1. The Morgan fingerprint density at radius 1 is 1.05 bits per heavy atom. The van der Waals surface area contributed by atoms with E-state index in [0.717, 1.165) is 17.5 Å². The maximum absolute atomic E-state index is 12.1. The smallest absolute Gasteiger partial charge is 0.338 e. The van der Waals surface area contributed by atoms with Gasteiger partial charge in [0.05, 0.1) is 5.56 Å². The number of hydrogen-bond acceptors (Lipinski definition) is 3. The van der Waals surface area contributed by atoms with E-state index in [1.165, 1.54) is 6.42 Å². The number of carbonyl (C=O) groups is 1. The summed E-state index contributed by atoms with van der Waals surface area (Å²) in [6, 6.07) is 17.8. The van der Waals surface area contributed by atoms with Crippen LogP contribution in [0, 0.1) is 0 Å². The standard InChI is InChI=1S/C19H20O2S/c1-14-7-12-18(22-14)13-21-19(20)17-10-8-16(9-11-17)15-5-3-2-4-6-15/h2-6,8-11,14,18H,7,12-13H2,1H3/t14?,18-/m0/s1. The summed E-state index contributed by atoms with van der Waals surface area (Å²) < 4.78 is 5.45. The molecule has 2 aromatic rings. The highest BCUT2D eigenvalue weighted by molar-refractivity contribution is 8.00. The van der Waals surface area contributed by atoms with Gasteiger partial charge in [-0.3, -0.25) is 0 Å². The maximum atomic E-state index is 12.1. The fraction of sp³-hybridized carbons (Fsp3) is 0.316. The molecule has 0 N–H and O–H groups in total. The van der Waals surface area contributed by atoms with Gasteiger partial charge >= 0.3 is 5.97 Å². The first-order valence-corrected chi connectivity index (χ1v) is 8.65. The van der Waals surface area contributed by atoms with Crippen LogP contribution in [0.25, 0.3) is 11.1 Å². The Morgan fingerprint density at radius 3 is 2.36 bits per heavy atom. The zero-order chi connectivity index (χ0) is 15.4. The molecule has 1 saturated heterocycles. The van der Waals surface area contributed by atoms with Crippen LogP contribution in [0.2, 0.25) is 0 Å². The zero-order valence-electron chi connectivity index (χ0n) is 12.7. The Bertz CT molecular complexity index is 622. The van der Waals surface area contributed by atoms with E-state index in [2.05, 4.69) is 19.1 Å². The van der Waals surface area contributed by atoms with E-state index in [4.69, 9.17) is 4.74 Å². The highest BCUT2D eigenvalue weighted by Gasteiger charge is 2.23. The van der Waals surface area contributed by atoms with Crippen LogP contribution in [0.3, 0.4) is 0 Å². The largest absolute Gasteiger partial charge is 0.461 e. The van der Waals surface area contributed by atoms with E-state index in [0.29, 0.717) is 22.7 Å². The monoisotopic (exact) mass is 312 g/mol. The van der Waals surface area contributed by atoms with Crippen molar-refractivity contribution in [2.75, 3.05) is 6.61 Å². The molecule has 1 unspecified atom stereocenters. The lowest BCUT2D eigenvalue weighted by atomic mass is 10.0. The third-order valence-electron chi connectivity index (χ3n) is 3.95. The number of thioether (sulfide) groups is 1. The van der Waals surface area contributed by atoms with E-state index in [-0.39, 0.29) is 5.97 Å². The molecule has 0 aliphatic carbocycles. The lowest BCUT2D eigenvalue weighted by Gasteiger charge is -2.10. The van der Waals surface area contributed by atoms with E-state index < -0.39 is 0 Å². The van der Waals surface area contributed by atoms with E-state index >= 15 is 0 Å². The molecule has 1 aliphatic rings. The summed E-state index contributed by atoms with van der Waals surface area (Å²) in [5, 5.41) is 1.15. The lowest BCUT2D eigenvalue weighted by molar-refractivity contribution is 0.0506. The van der Waals surface area contributed by atoms with Crippen molar-refractivity contribution >= 4 is 17.7 Å². The Balaban J connectivity index is 1.59. The molecule has 2 nitrogen and oxygen atoms in total. The Labute approximate surface area is 135 Å². The molecule has 3 rings (SSSR count). The highest BCUT2D eigenvalue weighted by atomic mass is 32.2. The number of esters is 1. The van der Waals surface area contributed by atoms with Crippen LogP contribution in [0.1, 0.15) is 30.1 Å². The van der Waals surface area contributed by atoms with Crippen molar-refractivity contribution in [3.05, 3.63) is 60.2 Å². The Hall–Kier alpha value is -1.74. The van der Waals surface area contributed by atoms with Gasteiger partial charge < -0.3 is 4.74 Å². The van der Waals surface area contributed by atoms with Gasteiger partial charge in [0.2, 0.25) is 0 Å². The molecule has 0 amide bonds. The van der Waals surface area contributed by atoms with Crippen molar-refractivity contribution in [1.82, 2.24) is 0 Å². The van der Waals surface area contributed by atoms with Gasteiger partial charge in [-0.25, -0.2) is 4.79 Å². The van der Waals surface area contributed by atoms with E-state index in [9.17, 15) is 4.79 Å². The molecular formula is C19H20O2S. The van der Waals surface area contributed by atoms with Gasteiger partial charge in [0.1, 0.15) is 6.61 Å². The predicted octanol–water partition coefficient (Wildman–Crippen LogP) is 4.79. The van der Waals surface area contributed by atoms with Crippen molar-refractivity contribution in [3.63, 3.8) is 0 Å². The fourth-order valence-electron chi connectivity index (χ4n) is 2.69. The van der Waals surface area contributed by atoms with Gasteiger partial charge in [0.25, 0.3) is 0 Å². The van der Waals surface area contributed by atoms with Crippen LogP contribution in [-0.4, -0.2) is 23.1 Å². The molecule has 3 heteroatoms. The summed E-state index contributed by atoms with van der Waals surface area (Å²) in [4.78, 5) is 12.1. The van der Waals surface area contributed by atoms with Crippen LogP contribution < -0.4 is 0 Å². The van der Waals surface area contributed by atoms with Crippen molar-refractivity contribution < 1.29 is 9.53 Å². The third kappa shape index (κ3) is 3.72. The van der Waals surface area contributed by atoms with E-state index in [1.54, 1.807) is 0 Å². The van der Waals surface area contributed by atoms with Gasteiger partial charge in [0, 0.05) is 10.5 Å². The molecule has 0 radical (unpaired) electrons.